The van der Waals surface area contributed by atoms with Gasteiger partial charge in [0.05, 0.1) is 0 Å². The second kappa shape index (κ2) is 22.9. The van der Waals surface area contributed by atoms with Crippen molar-refractivity contribution < 1.29 is 23.3 Å². The van der Waals surface area contributed by atoms with E-state index in [0.717, 1.165) is 11.8 Å². The molecule has 276 valence electrons. The van der Waals surface area contributed by atoms with Crippen LogP contribution in [0.5, 0.6) is 0 Å². The number of aryl methyl sites for hydroxylation is 2. The van der Waals surface area contributed by atoms with E-state index < -0.39 is 0 Å². The van der Waals surface area contributed by atoms with E-state index in [1.807, 2.05) is 0 Å². The zero-order chi connectivity index (χ0) is 33.3. The Morgan fingerprint density at radius 2 is 0.865 bits per heavy atom. The predicted molar refractivity (Wildman–Crippen MR) is 233 cm³/mol. The van der Waals surface area contributed by atoms with E-state index in [9.17, 15) is 0 Å². The molecule has 0 heterocycles. The first kappa shape index (κ1) is 45.9. The van der Waals surface area contributed by atoms with Crippen LogP contribution < -0.4 is 0 Å². The van der Waals surface area contributed by atoms with E-state index in [2.05, 4.69) is 130 Å². The monoisotopic (exact) mass is 822 g/mol. The Balaban J connectivity index is 0.000000320. The van der Waals surface area contributed by atoms with Gasteiger partial charge in [-0.05, 0) is 49.7 Å². The number of hydrogen-bond acceptors (Lipinski definition) is 0. The second-order valence-corrected chi connectivity index (χ2v) is 14.5. The fourth-order valence-electron chi connectivity index (χ4n) is 8.25. The van der Waals surface area contributed by atoms with Crippen molar-refractivity contribution in [2.45, 2.75) is 90.9 Å². The Morgan fingerprint density at radius 3 is 1.21 bits per heavy atom. The van der Waals surface area contributed by atoms with Crippen molar-refractivity contribution in [3.05, 3.63) is 146 Å². The van der Waals surface area contributed by atoms with Crippen molar-refractivity contribution in [1.29, 1.82) is 0 Å². The van der Waals surface area contributed by atoms with Gasteiger partial charge in [0.15, 0.2) is 0 Å². The first-order valence-corrected chi connectivity index (χ1v) is 22.5. The summed E-state index contributed by atoms with van der Waals surface area (Å²) in [7, 11) is 0. The fraction of sp³-hybridized carbons (Fsp3) is 0.333. The zero-order valence-corrected chi connectivity index (χ0v) is 36.9. The van der Waals surface area contributed by atoms with Crippen LogP contribution in [0.3, 0.4) is 0 Å². The molecule has 2 saturated carbocycles. The minimum absolute atomic E-state index is 0. The summed E-state index contributed by atoms with van der Waals surface area (Å²) in [5, 5.41) is 5.63. The van der Waals surface area contributed by atoms with Crippen LogP contribution in [0.15, 0.2) is 109 Å². The molecule has 6 aromatic rings. The fourth-order valence-corrected chi connectivity index (χ4v) is 8.25. The van der Waals surface area contributed by atoms with Crippen molar-refractivity contribution in [3.63, 3.8) is 0 Å². The number of benzene rings is 4. The molecule has 6 aromatic carbocycles. The summed E-state index contributed by atoms with van der Waals surface area (Å²) in [5.41, 5.74) is 11.1. The van der Waals surface area contributed by atoms with Crippen LogP contribution in [0, 0.1) is 40.5 Å². The van der Waals surface area contributed by atoms with Crippen LogP contribution >= 0.6 is 24.8 Å². The van der Waals surface area contributed by atoms with Crippen molar-refractivity contribution >= 4 is 53.2 Å². The molecule has 52 heavy (non-hydrogen) atoms. The maximum atomic E-state index is 3.06. The van der Waals surface area contributed by atoms with Crippen LogP contribution in [0.4, 0.5) is 0 Å². The van der Waals surface area contributed by atoms with Gasteiger partial charge in [-0.1, -0.05) is 147 Å². The third-order valence-electron chi connectivity index (χ3n) is 10.8. The summed E-state index contributed by atoms with van der Waals surface area (Å²) >= 11 is 1.36. The first-order chi connectivity index (χ1) is 23.6. The van der Waals surface area contributed by atoms with Gasteiger partial charge >= 0.3 is 30.2 Å². The van der Waals surface area contributed by atoms with Crippen molar-refractivity contribution in [2.24, 2.45) is 11.8 Å². The molecule has 0 unspecified atom stereocenters. The Bertz CT molecular complexity index is 1750. The number of fused-ring (bicyclic) bond motifs is 2. The summed E-state index contributed by atoms with van der Waals surface area (Å²) in [6.07, 6.45) is 16.8. The van der Waals surface area contributed by atoms with Crippen LogP contribution in [-0.4, -0.2) is 6.88 Å². The molecule has 8 rings (SSSR count). The van der Waals surface area contributed by atoms with Crippen molar-refractivity contribution in [2.75, 3.05) is 0 Å². The molecule has 0 amide bonds. The summed E-state index contributed by atoms with van der Waals surface area (Å²) in [4.78, 5) is 0. The van der Waals surface area contributed by atoms with Gasteiger partial charge < -0.3 is 14.9 Å². The van der Waals surface area contributed by atoms with Crippen LogP contribution in [0.2, 0.25) is 0 Å². The van der Waals surface area contributed by atoms with Crippen LogP contribution in [0.25, 0.3) is 43.8 Å². The molecule has 0 nitrogen and oxygen atoms in total. The third-order valence-corrected chi connectivity index (χ3v) is 10.8. The Hall–Kier alpha value is -2.22. The quantitative estimate of drug-likeness (QED) is 0.116. The predicted octanol–water partition coefficient (Wildman–Crippen LogP) is 14.7. The molecule has 2 fully saturated rings. The standard InChI is InChI=1S/2C23H25.2CH3.2ClH.Si.Zr/c2*1-17-10-12-20(13-11-17)22-9-5-8-21-15-19(16-23(21)22)14-18-6-3-2-4-7-18;;;;;;/h2*5,8-13,15-16,18H,2-4,6-7,14H2,1H3;2*1H3;2*1H;;/q4*-1;;;;. The molecular formula is C48H58Cl2SiZr-4. The molecule has 0 bridgehead atoms. The molecule has 0 aromatic heterocycles. The van der Waals surface area contributed by atoms with Gasteiger partial charge in [-0.25, -0.2) is 0 Å². The molecule has 0 aliphatic heterocycles. The summed E-state index contributed by atoms with van der Waals surface area (Å²) < 4.78 is 0. The molecule has 0 atom stereocenters. The van der Waals surface area contributed by atoms with E-state index in [4.69, 9.17) is 0 Å². The zero-order valence-electron chi connectivity index (χ0n) is 31.8. The SMILES string of the molecule is Cc1ccc(-c2cccc3[cH-]c(CC4CCCCC4)cc23)cc1.Cc1ccc(-c2cccc3[cH-]c(CC4CCCCC4)cc23)cc1.Cl.Cl.[CH3-].[CH3-].[Si]=[Zr]. The molecular weight excluding hydrogens is 767 g/mol. The number of halogens is 2. The Labute approximate surface area is 345 Å². The second-order valence-electron chi connectivity index (χ2n) is 14.5. The van der Waals surface area contributed by atoms with E-state index in [0.29, 0.717) is 0 Å². The van der Waals surface area contributed by atoms with Crippen LogP contribution in [0.1, 0.15) is 86.5 Å². The Morgan fingerprint density at radius 1 is 0.519 bits per heavy atom. The van der Waals surface area contributed by atoms with Crippen molar-refractivity contribution in [3.8, 4) is 22.3 Å². The number of rotatable bonds is 6. The average molecular weight is 825 g/mol. The molecule has 0 saturated heterocycles. The van der Waals surface area contributed by atoms with E-state index in [1.165, 1.54) is 166 Å². The normalized spacial score (nSPS) is 14.2. The minimum atomic E-state index is 0. The topological polar surface area (TPSA) is 0 Å². The molecule has 4 heteroatoms. The third kappa shape index (κ3) is 11.9. The van der Waals surface area contributed by atoms with Gasteiger partial charge in [-0.3, -0.25) is 0 Å². The van der Waals surface area contributed by atoms with Crippen molar-refractivity contribution in [1.82, 2.24) is 0 Å². The van der Waals surface area contributed by atoms with Gasteiger partial charge in [0.1, 0.15) is 0 Å². The molecule has 2 aliphatic carbocycles. The summed E-state index contributed by atoms with van der Waals surface area (Å²) in [6.45, 7) is 7.36. The van der Waals surface area contributed by atoms with Gasteiger partial charge in [0.2, 0.25) is 0 Å². The number of hydrogen-bond donors (Lipinski definition) is 0. The molecule has 0 spiro atoms. The molecule has 2 aliphatic rings. The average Bonchev–Trinajstić information content (AvgIpc) is 3.74. The van der Waals surface area contributed by atoms with Gasteiger partial charge in [-0.15, -0.1) is 93.9 Å². The Kier molecular flexibility index (Phi) is 20.2. The van der Waals surface area contributed by atoms with Gasteiger partial charge in [0.25, 0.3) is 0 Å². The van der Waals surface area contributed by atoms with Gasteiger partial charge in [-0.2, -0.15) is 12.1 Å². The maximum absolute atomic E-state index is 3.06. The molecule has 0 N–H and O–H groups in total. The molecule has 2 radical (unpaired) electrons. The van der Waals surface area contributed by atoms with E-state index in [1.54, 1.807) is 0 Å². The van der Waals surface area contributed by atoms with Gasteiger partial charge in [0, 0.05) is 0 Å². The van der Waals surface area contributed by atoms with E-state index >= 15 is 0 Å². The first-order valence-electron chi connectivity index (χ1n) is 18.3. The summed E-state index contributed by atoms with van der Waals surface area (Å²) in [6, 6.07) is 41.0. The van der Waals surface area contributed by atoms with Crippen LogP contribution in [-0.2, 0) is 36.2 Å². The van der Waals surface area contributed by atoms with E-state index in [-0.39, 0.29) is 39.7 Å². The summed E-state index contributed by atoms with van der Waals surface area (Å²) in [5.74, 6) is 1.81.